The molecule has 2 unspecified atom stereocenters. The number of hydrogen-bond donors (Lipinski definition) is 1. The molecule has 0 aliphatic heterocycles. The molecule has 0 bridgehead atoms. The van der Waals surface area contributed by atoms with Crippen molar-refractivity contribution in [3.05, 3.63) is 54.6 Å². The number of nitrogens with zero attached hydrogens (tertiary/aromatic N) is 1. The van der Waals surface area contributed by atoms with Crippen LogP contribution < -0.4 is 4.74 Å². The van der Waals surface area contributed by atoms with Crippen molar-refractivity contribution in [2.24, 2.45) is 5.92 Å². The van der Waals surface area contributed by atoms with E-state index in [-0.39, 0.29) is 18.5 Å². The Bertz CT molecular complexity index is 687. The van der Waals surface area contributed by atoms with Crippen LogP contribution in [0, 0.1) is 5.92 Å². The van der Waals surface area contributed by atoms with Gasteiger partial charge in [-0.25, -0.2) is 0 Å². The van der Waals surface area contributed by atoms with Gasteiger partial charge in [-0.15, -0.1) is 0 Å². The van der Waals surface area contributed by atoms with Crippen LogP contribution in [-0.2, 0) is 9.53 Å². The minimum Gasteiger partial charge on any atom is -0.491 e. The smallest absolute Gasteiger partial charge is 0.309 e. The molecule has 146 valence electrons. The first-order chi connectivity index (χ1) is 13.0. The lowest BCUT2D eigenvalue weighted by atomic mass is 10.1. The van der Waals surface area contributed by atoms with Gasteiger partial charge in [0.25, 0.3) is 0 Å². The van der Waals surface area contributed by atoms with Crippen LogP contribution in [0.5, 0.6) is 5.75 Å². The molecule has 2 aromatic carbocycles. The van der Waals surface area contributed by atoms with Gasteiger partial charge in [-0.05, 0) is 29.8 Å². The molecule has 0 amide bonds. The highest BCUT2D eigenvalue weighted by atomic mass is 16.5. The lowest BCUT2D eigenvalue weighted by molar-refractivity contribution is -0.145. The largest absolute Gasteiger partial charge is 0.491 e. The standard InChI is InChI=1S/C22H29NO4/c1-4-23(14-17(2)22(25)26-3)15-20(24)16-27-21-12-10-19(11-13-21)18-8-6-5-7-9-18/h5-13,17,20,24H,4,14-16H2,1-3H3. The average Bonchev–Trinajstić information content (AvgIpc) is 2.72. The van der Waals surface area contributed by atoms with Crippen LogP contribution in [0.4, 0.5) is 0 Å². The Balaban J connectivity index is 1.82. The van der Waals surface area contributed by atoms with Crippen molar-refractivity contribution < 1.29 is 19.4 Å². The molecule has 0 aliphatic rings. The molecule has 27 heavy (non-hydrogen) atoms. The number of carbonyl (C=O) groups excluding carboxylic acids is 1. The van der Waals surface area contributed by atoms with Crippen molar-refractivity contribution in [3.63, 3.8) is 0 Å². The van der Waals surface area contributed by atoms with E-state index in [0.29, 0.717) is 13.1 Å². The Morgan fingerprint density at radius 1 is 1.04 bits per heavy atom. The molecule has 0 aliphatic carbocycles. The topological polar surface area (TPSA) is 59.0 Å². The van der Waals surface area contributed by atoms with Crippen molar-refractivity contribution in [3.8, 4) is 16.9 Å². The molecule has 0 heterocycles. The number of methoxy groups -OCH3 is 1. The van der Waals surface area contributed by atoms with E-state index in [0.717, 1.165) is 23.4 Å². The van der Waals surface area contributed by atoms with Crippen molar-refractivity contribution in [1.29, 1.82) is 0 Å². The Hall–Kier alpha value is -2.37. The first kappa shape index (κ1) is 20.9. The molecule has 2 atom stereocenters. The molecule has 0 saturated heterocycles. The molecular weight excluding hydrogens is 342 g/mol. The molecule has 0 spiro atoms. The molecule has 5 nitrogen and oxygen atoms in total. The molecule has 2 aromatic rings. The minimum atomic E-state index is -0.636. The van der Waals surface area contributed by atoms with Crippen molar-refractivity contribution in [2.45, 2.75) is 20.0 Å². The van der Waals surface area contributed by atoms with Crippen LogP contribution in [0.15, 0.2) is 54.6 Å². The maximum absolute atomic E-state index is 11.6. The summed E-state index contributed by atoms with van der Waals surface area (Å²) in [7, 11) is 1.39. The fourth-order valence-corrected chi connectivity index (χ4v) is 2.91. The molecule has 1 N–H and O–H groups in total. The zero-order valence-electron chi connectivity index (χ0n) is 16.3. The fourth-order valence-electron chi connectivity index (χ4n) is 2.91. The number of esters is 1. The van der Waals surface area contributed by atoms with Crippen molar-refractivity contribution in [1.82, 2.24) is 4.90 Å². The van der Waals surface area contributed by atoms with E-state index in [9.17, 15) is 9.90 Å². The Morgan fingerprint density at radius 3 is 2.26 bits per heavy atom. The molecule has 0 fully saturated rings. The summed E-state index contributed by atoms with van der Waals surface area (Å²) in [5, 5.41) is 10.3. The highest BCUT2D eigenvalue weighted by Gasteiger charge is 2.19. The number of hydrogen-bond acceptors (Lipinski definition) is 5. The maximum Gasteiger partial charge on any atom is 0.309 e. The number of ether oxygens (including phenoxy) is 2. The second-order valence-electron chi connectivity index (χ2n) is 6.63. The summed E-state index contributed by atoms with van der Waals surface area (Å²) in [5.74, 6) is 0.256. The van der Waals surface area contributed by atoms with Gasteiger partial charge in [-0.1, -0.05) is 56.3 Å². The Labute approximate surface area is 161 Å². The monoisotopic (exact) mass is 371 g/mol. The van der Waals surface area contributed by atoms with Gasteiger partial charge in [-0.3, -0.25) is 4.79 Å². The third kappa shape index (κ3) is 6.70. The predicted octanol–water partition coefficient (Wildman–Crippen LogP) is 3.22. The zero-order valence-corrected chi connectivity index (χ0v) is 16.3. The summed E-state index contributed by atoms with van der Waals surface area (Å²) < 4.78 is 10.5. The summed E-state index contributed by atoms with van der Waals surface area (Å²) in [6, 6.07) is 18.0. The van der Waals surface area contributed by atoms with Gasteiger partial charge in [0.15, 0.2) is 0 Å². The van der Waals surface area contributed by atoms with Crippen LogP contribution in [0.3, 0.4) is 0 Å². The summed E-state index contributed by atoms with van der Waals surface area (Å²) >= 11 is 0. The molecule has 2 rings (SSSR count). The molecule has 0 saturated carbocycles. The molecule has 0 radical (unpaired) electrons. The van der Waals surface area contributed by atoms with Crippen LogP contribution in [0.2, 0.25) is 0 Å². The predicted molar refractivity (Wildman–Crippen MR) is 107 cm³/mol. The van der Waals surface area contributed by atoms with Crippen LogP contribution in [0.1, 0.15) is 13.8 Å². The highest BCUT2D eigenvalue weighted by molar-refractivity contribution is 5.72. The molecular formula is C22H29NO4. The Morgan fingerprint density at radius 2 is 1.67 bits per heavy atom. The Kier molecular flexibility index (Phi) is 8.30. The number of likely N-dealkylation sites (N-methyl/N-ethyl adjacent to an activating group) is 1. The van der Waals surface area contributed by atoms with Crippen LogP contribution in [0.25, 0.3) is 11.1 Å². The fraction of sp³-hybridized carbons (Fsp3) is 0.409. The highest BCUT2D eigenvalue weighted by Crippen LogP contribution is 2.22. The van der Waals surface area contributed by atoms with Gasteiger partial charge < -0.3 is 19.5 Å². The van der Waals surface area contributed by atoms with E-state index in [1.165, 1.54) is 7.11 Å². The van der Waals surface area contributed by atoms with E-state index < -0.39 is 6.10 Å². The van der Waals surface area contributed by atoms with Gasteiger partial charge in [0.1, 0.15) is 18.5 Å². The normalized spacial score (nSPS) is 13.2. The third-order valence-corrected chi connectivity index (χ3v) is 4.46. The maximum atomic E-state index is 11.6. The summed E-state index contributed by atoms with van der Waals surface area (Å²) in [5.41, 5.74) is 2.28. The second kappa shape index (κ2) is 10.7. The third-order valence-electron chi connectivity index (χ3n) is 4.46. The van der Waals surface area contributed by atoms with Crippen LogP contribution >= 0.6 is 0 Å². The van der Waals surface area contributed by atoms with Gasteiger partial charge in [0.05, 0.1) is 13.0 Å². The number of aliphatic hydroxyl groups excluding tert-OH is 1. The van der Waals surface area contributed by atoms with Crippen LogP contribution in [-0.4, -0.2) is 55.4 Å². The van der Waals surface area contributed by atoms with Crippen molar-refractivity contribution in [2.75, 3.05) is 33.4 Å². The van der Waals surface area contributed by atoms with E-state index >= 15 is 0 Å². The number of rotatable bonds is 10. The lowest BCUT2D eigenvalue weighted by Crippen LogP contribution is -2.39. The molecule has 5 heteroatoms. The number of aliphatic hydroxyl groups is 1. The van der Waals surface area contributed by atoms with E-state index in [2.05, 4.69) is 12.1 Å². The van der Waals surface area contributed by atoms with Gasteiger partial charge >= 0.3 is 5.97 Å². The first-order valence-electron chi connectivity index (χ1n) is 9.30. The summed E-state index contributed by atoms with van der Waals surface area (Å²) in [6.07, 6.45) is -0.636. The quantitative estimate of drug-likeness (QED) is 0.650. The zero-order chi connectivity index (χ0) is 19.6. The molecule has 0 aromatic heterocycles. The number of carbonyl (C=O) groups is 1. The second-order valence-corrected chi connectivity index (χ2v) is 6.63. The van der Waals surface area contributed by atoms with Gasteiger partial charge in [0.2, 0.25) is 0 Å². The average molecular weight is 371 g/mol. The van der Waals surface area contributed by atoms with Gasteiger partial charge in [-0.2, -0.15) is 0 Å². The lowest BCUT2D eigenvalue weighted by Gasteiger charge is -2.25. The van der Waals surface area contributed by atoms with E-state index in [1.807, 2.05) is 61.2 Å². The van der Waals surface area contributed by atoms with Crippen molar-refractivity contribution >= 4 is 5.97 Å². The first-order valence-corrected chi connectivity index (χ1v) is 9.30. The minimum absolute atomic E-state index is 0.202. The number of benzene rings is 2. The van der Waals surface area contributed by atoms with E-state index in [1.54, 1.807) is 0 Å². The SMILES string of the molecule is CCN(CC(O)COc1ccc(-c2ccccc2)cc1)CC(C)C(=O)OC. The summed E-state index contributed by atoms with van der Waals surface area (Å²) in [4.78, 5) is 13.6. The summed E-state index contributed by atoms with van der Waals surface area (Å²) in [6.45, 7) is 5.76. The van der Waals surface area contributed by atoms with Gasteiger partial charge in [0, 0.05) is 13.1 Å². The van der Waals surface area contributed by atoms with E-state index in [4.69, 9.17) is 9.47 Å².